The lowest BCUT2D eigenvalue weighted by molar-refractivity contribution is -0.384. The number of nitro groups is 1. The van der Waals surface area contributed by atoms with E-state index in [1.54, 1.807) is 4.90 Å². The van der Waals surface area contributed by atoms with Crippen LogP contribution in [0.15, 0.2) is 24.3 Å². The first-order chi connectivity index (χ1) is 15.0. The molecular weight excluding hydrogens is 431 g/mol. The van der Waals surface area contributed by atoms with Crippen LogP contribution in [0.25, 0.3) is 5.78 Å². The van der Waals surface area contributed by atoms with E-state index in [0.29, 0.717) is 11.8 Å². The number of anilines is 1. The van der Waals surface area contributed by atoms with Gasteiger partial charge in [-0.3, -0.25) is 14.9 Å². The van der Waals surface area contributed by atoms with Crippen molar-refractivity contribution in [3.63, 3.8) is 0 Å². The van der Waals surface area contributed by atoms with Crippen molar-refractivity contribution in [2.75, 3.05) is 31.1 Å². The fourth-order valence-corrected chi connectivity index (χ4v) is 3.66. The first-order valence-corrected chi connectivity index (χ1v) is 9.65. The van der Waals surface area contributed by atoms with Gasteiger partial charge in [0.25, 0.3) is 17.4 Å². The zero-order chi connectivity index (χ0) is 23.2. The van der Waals surface area contributed by atoms with Gasteiger partial charge in [0.15, 0.2) is 0 Å². The molecular formula is C19H18F3N7O3. The second-order valence-electron chi connectivity index (χ2n) is 7.42. The fourth-order valence-electron chi connectivity index (χ4n) is 3.66. The van der Waals surface area contributed by atoms with Crippen LogP contribution in [0.2, 0.25) is 0 Å². The number of fused-ring (bicyclic) bond motifs is 1. The third-order valence-corrected chi connectivity index (χ3v) is 5.22. The Balaban J connectivity index is 1.51. The molecule has 3 aromatic rings. The predicted molar refractivity (Wildman–Crippen MR) is 106 cm³/mol. The summed E-state index contributed by atoms with van der Waals surface area (Å²) in [5.74, 6) is -0.112. The van der Waals surface area contributed by atoms with Crippen LogP contribution >= 0.6 is 0 Å². The molecule has 1 aromatic carbocycles. The van der Waals surface area contributed by atoms with Crippen LogP contribution in [0.3, 0.4) is 0 Å². The summed E-state index contributed by atoms with van der Waals surface area (Å²) in [5, 5.41) is 15.6. The topological polar surface area (TPSA) is 110 Å². The first kappa shape index (κ1) is 21.5. The number of rotatable bonds is 3. The maximum absolute atomic E-state index is 12.9. The SMILES string of the molecule is Cc1cc(C)n2nc(C(=O)N3CCN(c4ccc(C(F)(F)F)cc4[N+](=O)[O-])CC3)nc2n1. The van der Waals surface area contributed by atoms with E-state index in [1.165, 1.54) is 9.42 Å². The molecule has 4 rings (SSSR count). The molecule has 0 unspecified atom stereocenters. The number of alkyl halides is 3. The van der Waals surface area contributed by atoms with Gasteiger partial charge in [-0.2, -0.15) is 18.2 Å². The third kappa shape index (κ3) is 3.92. The van der Waals surface area contributed by atoms with Crippen molar-refractivity contribution >= 4 is 23.1 Å². The molecule has 0 bridgehead atoms. The Morgan fingerprint density at radius 1 is 1.09 bits per heavy atom. The Labute approximate surface area is 179 Å². The van der Waals surface area contributed by atoms with E-state index in [2.05, 4.69) is 15.1 Å². The van der Waals surface area contributed by atoms with Crippen LogP contribution in [0, 0.1) is 24.0 Å². The van der Waals surface area contributed by atoms with E-state index >= 15 is 0 Å². The predicted octanol–water partition coefficient (Wildman–Crippen LogP) is 2.63. The number of benzene rings is 1. The van der Waals surface area contributed by atoms with Crippen molar-refractivity contribution in [2.45, 2.75) is 20.0 Å². The molecule has 0 N–H and O–H groups in total. The van der Waals surface area contributed by atoms with Crippen LogP contribution in [-0.4, -0.2) is 61.5 Å². The molecule has 1 saturated heterocycles. The molecule has 1 fully saturated rings. The number of carbonyl (C=O) groups excluding carboxylic acids is 1. The number of piperazine rings is 1. The smallest absolute Gasteiger partial charge is 0.362 e. The summed E-state index contributed by atoms with van der Waals surface area (Å²) >= 11 is 0. The third-order valence-electron chi connectivity index (χ3n) is 5.22. The lowest BCUT2D eigenvalue weighted by atomic mass is 10.1. The molecule has 3 heterocycles. The van der Waals surface area contributed by atoms with Crippen LogP contribution in [-0.2, 0) is 6.18 Å². The van der Waals surface area contributed by atoms with Crippen LogP contribution in [0.4, 0.5) is 24.5 Å². The molecule has 32 heavy (non-hydrogen) atoms. The molecule has 0 aliphatic carbocycles. The number of nitrogens with zero attached hydrogens (tertiary/aromatic N) is 7. The highest BCUT2D eigenvalue weighted by atomic mass is 19.4. The summed E-state index contributed by atoms with van der Waals surface area (Å²) < 4.78 is 40.3. The van der Waals surface area contributed by atoms with Gasteiger partial charge in [0.2, 0.25) is 5.82 Å². The Kier molecular flexibility index (Phi) is 5.18. The number of amides is 1. The van der Waals surface area contributed by atoms with Gasteiger partial charge in [0.1, 0.15) is 5.69 Å². The second-order valence-corrected chi connectivity index (χ2v) is 7.42. The molecule has 2 aromatic heterocycles. The van der Waals surface area contributed by atoms with Crippen molar-refractivity contribution < 1.29 is 22.9 Å². The summed E-state index contributed by atoms with van der Waals surface area (Å²) in [6.45, 7) is 4.46. The largest absolute Gasteiger partial charge is 0.416 e. The standard InChI is InChI=1S/C19H18F3N7O3/c1-11-9-12(2)28-18(23-11)24-16(25-28)17(30)27-7-5-26(6-8-27)14-4-3-13(19(20,21)22)10-15(14)29(31)32/h3-4,9-10H,5-8H2,1-2H3. The van der Waals surface area contributed by atoms with E-state index in [4.69, 9.17) is 0 Å². The minimum absolute atomic E-state index is 0.0137. The molecule has 0 radical (unpaired) electrons. The molecule has 0 atom stereocenters. The number of halogens is 3. The molecule has 168 valence electrons. The van der Waals surface area contributed by atoms with Gasteiger partial charge in [-0.25, -0.2) is 9.50 Å². The number of aryl methyl sites for hydroxylation is 2. The Morgan fingerprint density at radius 3 is 2.41 bits per heavy atom. The van der Waals surface area contributed by atoms with Crippen LogP contribution < -0.4 is 4.90 Å². The maximum atomic E-state index is 12.9. The highest BCUT2D eigenvalue weighted by Crippen LogP contribution is 2.36. The molecule has 0 saturated carbocycles. The number of aromatic nitrogens is 4. The zero-order valence-electron chi connectivity index (χ0n) is 17.1. The minimum atomic E-state index is -4.68. The van der Waals surface area contributed by atoms with Gasteiger partial charge in [-0.15, -0.1) is 5.10 Å². The Bertz CT molecular complexity index is 1220. The lowest BCUT2D eigenvalue weighted by Gasteiger charge is -2.35. The molecule has 1 amide bonds. The summed E-state index contributed by atoms with van der Waals surface area (Å²) in [7, 11) is 0. The van der Waals surface area contributed by atoms with Gasteiger partial charge in [-0.05, 0) is 32.0 Å². The summed E-state index contributed by atoms with van der Waals surface area (Å²) in [5.41, 5.74) is -0.111. The van der Waals surface area contributed by atoms with E-state index in [-0.39, 0.29) is 37.7 Å². The normalized spacial score (nSPS) is 14.8. The summed E-state index contributed by atoms with van der Waals surface area (Å²) in [6, 6.07) is 4.26. The Morgan fingerprint density at radius 2 is 1.78 bits per heavy atom. The van der Waals surface area contributed by atoms with E-state index in [0.717, 1.165) is 23.5 Å². The molecule has 0 spiro atoms. The average Bonchev–Trinajstić information content (AvgIpc) is 3.16. The van der Waals surface area contributed by atoms with Gasteiger partial charge < -0.3 is 9.80 Å². The maximum Gasteiger partial charge on any atom is 0.416 e. The van der Waals surface area contributed by atoms with Gasteiger partial charge >= 0.3 is 6.18 Å². The lowest BCUT2D eigenvalue weighted by Crippen LogP contribution is -2.49. The quantitative estimate of drug-likeness (QED) is 0.447. The molecule has 10 nitrogen and oxygen atoms in total. The molecule has 13 heteroatoms. The van der Waals surface area contributed by atoms with Crippen LogP contribution in [0.5, 0.6) is 0 Å². The average molecular weight is 449 g/mol. The highest BCUT2D eigenvalue weighted by Gasteiger charge is 2.34. The van der Waals surface area contributed by atoms with Crippen molar-refractivity contribution in [1.82, 2.24) is 24.5 Å². The van der Waals surface area contributed by atoms with E-state index in [9.17, 15) is 28.1 Å². The van der Waals surface area contributed by atoms with Crippen molar-refractivity contribution in [3.05, 3.63) is 57.2 Å². The van der Waals surface area contributed by atoms with Gasteiger partial charge in [0, 0.05) is 43.6 Å². The van der Waals surface area contributed by atoms with Gasteiger partial charge in [0.05, 0.1) is 10.5 Å². The van der Waals surface area contributed by atoms with Crippen LogP contribution in [0.1, 0.15) is 27.6 Å². The van der Waals surface area contributed by atoms with Crippen molar-refractivity contribution in [1.29, 1.82) is 0 Å². The number of hydrogen-bond donors (Lipinski definition) is 0. The fraction of sp³-hybridized carbons (Fsp3) is 0.368. The zero-order valence-corrected chi connectivity index (χ0v) is 17.1. The molecule has 1 aliphatic heterocycles. The summed E-state index contributed by atoms with van der Waals surface area (Å²) in [6.07, 6.45) is -4.68. The van der Waals surface area contributed by atoms with E-state index in [1.807, 2.05) is 19.9 Å². The second kappa shape index (κ2) is 7.73. The minimum Gasteiger partial charge on any atom is -0.362 e. The molecule has 1 aliphatic rings. The van der Waals surface area contributed by atoms with Crippen molar-refractivity contribution in [2.24, 2.45) is 0 Å². The van der Waals surface area contributed by atoms with E-state index < -0.39 is 28.3 Å². The number of carbonyl (C=O) groups is 1. The number of nitro benzene ring substituents is 1. The van der Waals surface area contributed by atoms with Gasteiger partial charge in [-0.1, -0.05) is 0 Å². The summed E-state index contributed by atoms with van der Waals surface area (Å²) in [4.78, 5) is 34.9. The number of hydrogen-bond acceptors (Lipinski definition) is 7. The first-order valence-electron chi connectivity index (χ1n) is 9.65. The monoisotopic (exact) mass is 449 g/mol. The van der Waals surface area contributed by atoms with Crippen molar-refractivity contribution in [3.8, 4) is 0 Å². The Hall–Kier alpha value is -3.77. The highest BCUT2D eigenvalue weighted by molar-refractivity contribution is 5.91.